The smallest absolute Gasteiger partial charge is 0.252 e. The van der Waals surface area contributed by atoms with Crippen LogP contribution in [-0.2, 0) is 11.8 Å². The monoisotopic (exact) mass is 410 g/mol. The van der Waals surface area contributed by atoms with Gasteiger partial charge in [-0.15, -0.1) is 11.3 Å². The lowest BCUT2D eigenvalue weighted by molar-refractivity contribution is -0.125. The average molecular weight is 411 g/mol. The Bertz CT molecular complexity index is 1100. The van der Waals surface area contributed by atoms with Crippen LogP contribution in [0.1, 0.15) is 31.2 Å². The Morgan fingerprint density at radius 2 is 1.97 bits per heavy atom. The van der Waals surface area contributed by atoms with Gasteiger partial charge in [-0.25, -0.2) is 0 Å². The van der Waals surface area contributed by atoms with Crippen molar-refractivity contribution in [3.8, 4) is 10.4 Å². The van der Waals surface area contributed by atoms with E-state index < -0.39 is 0 Å². The zero-order valence-electron chi connectivity index (χ0n) is 17.0. The van der Waals surface area contributed by atoms with Gasteiger partial charge in [-0.3, -0.25) is 14.6 Å². The second-order valence-corrected chi connectivity index (χ2v) is 8.70. The number of amides is 1. The number of hydrogen-bond donors (Lipinski definition) is 2. The minimum atomic E-state index is -0.0207. The van der Waals surface area contributed by atoms with Gasteiger partial charge in [-0.2, -0.15) is 0 Å². The van der Waals surface area contributed by atoms with E-state index >= 15 is 0 Å². The first-order valence-electron chi connectivity index (χ1n) is 9.99. The van der Waals surface area contributed by atoms with Crippen molar-refractivity contribution in [2.24, 2.45) is 13.0 Å². The highest BCUT2D eigenvalue weighted by atomic mass is 32.1. The number of pyridine rings is 1. The summed E-state index contributed by atoms with van der Waals surface area (Å²) in [5.74, 6) is 0.228. The maximum Gasteiger partial charge on any atom is 0.252 e. The maximum absolute atomic E-state index is 12.6. The van der Waals surface area contributed by atoms with Gasteiger partial charge < -0.3 is 15.2 Å². The highest BCUT2D eigenvalue weighted by Gasteiger charge is 2.26. The molecule has 2 N–H and O–H groups in total. The van der Waals surface area contributed by atoms with Crippen LogP contribution in [0.4, 0.5) is 5.69 Å². The fourth-order valence-corrected chi connectivity index (χ4v) is 4.99. The topological polar surface area (TPSA) is 76.0 Å². The molecule has 2 heterocycles. The Labute approximate surface area is 174 Å². The summed E-state index contributed by atoms with van der Waals surface area (Å²) in [4.78, 5) is 29.8. The molecular weight excluding hydrogens is 384 g/mol. The molecule has 0 saturated heterocycles. The summed E-state index contributed by atoms with van der Waals surface area (Å²) in [6.45, 7) is 2.05. The normalized spacial score (nSPS) is 19.3. The molecule has 152 valence electrons. The Balaban J connectivity index is 1.70. The average Bonchev–Trinajstić information content (AvgIpc) is 3.26. The molecule has 0 radical (unpaired) electrons. The van der Waals surface area contributed by atoms with E-state index in [1.54, 1.807) is 29.0 Å². The summed E-state index contributed by atoms with van der Waals surface area (Å²) in [5.41, 5.74) is 5.82. The van der Waals surface area contributed by atoms with Crippen molar-refractivity contribution < 1.29 is 4.79 Å². The molecule has 1 aliphatic rings. The number of carbonyl (C=O) groups is 1. The third kappa shape index (κ3) is 3.79. The summed E-state index contributed by atoms with van der Waals surface area (Å²) in [6.07, 6.45) is 5.45. The molecule has 0 unspecified atom stereocenters. The van der Waals surface area contributed by atoms with Crippen LogP contribution >= 0.6 is 11.3 Å². The van der Waals surface area contributed by atoms with Crippen LogP contribution in [0, 0.1) is 12.8 Å². The van der Waals surface area contributed by atoms with Crippen LogP contribution < -0.4 is 16.2 Å². The third-order valence-electron chi connectivity index (χ3n) is 5.95. The van der Waals surface area contributed by atoms with Crippen molar-refractivity contribution in [2.45, 2.75) is 38.6 Å². The molecule has 6 nitrogen and oxygen atoms in total. The lowest BCUT2D eigenvalue weighted by Crippen LogP contribution is -2.34. The van der Waals surface area contributed by atoms with Crippen LogP contribution in [0.3, 0.4) is 0 Å². The van der Waals surface area contributed by atoms with Crippen LogP contribution in [0.15, 0.2) is 34.7 Å². The fraction of sp³-hybridized carbons (Fsp3) is 0.409. The number of carbonyl (C=O) groups excluding carboxylic acids is 1. The Hall–Kier alpha value is -2.67. The van der Waals surface area contributed by atoms with E-state index in [9.17, 15) is 9.59 Å². The highest BCUT2D eigenvalue weighted by molar-refractivity contribution is 7.13. The molecule has 0 bridgehead atoms. The van der Waals surface area contributed by atoms with E-state index in [1.165, 1.54) is 0 Å². The second-order valence-electron chi connectivity index (χ2n) is 7.82. The van der Waals surface area contributed by atoms with Gasteiger partial charge in [0.15, 0.2) is 0 Å². The number of fused-ring (bicyclic) bond motifs is 1. The number of nitrogens with one attached hydrogen (secondary N) is 2. The molecule has 1 fully saturated rings. The maximum atomic E-state index is 12.6. The van der Waals surface area contributed by atoms with Gasteiger partial charge in [0, 0.05) is 49.4 Å². The van der Waals surface area contributed by atoms with E-state index in [0.717, 1.165) is 58.3 Å². The van der Waals surface area contributed by atoms with Crippen molar-refractivity contribution >= 4 is 33.8 Å². The molecule has 1 aromatic carbocycles. The van der Waals surface area contributed by atoms with Crippen LogP contribution in [-0.4, -0.2) is 28.5 Å². The van der Waals surface area contributed by atoms with Gasteiger partial charge in [0.25, 0.3) is 5.56 Å². The van der Waals surface area contributed by atoms with Gasteiger partial charge in [0.2, 0.25) is 5.91 Å². The molecule has 0 spiro atoms. The highest BCUT2D eigenvalue weighted by Crippen LogP contribution is 2.34. The number of aryl methyl sites for hydroxylation is 2. The number of benzene rings is 1. The number of nitrogens with zero attached hydrogens (tertiary/aromatic N) is 2. The predicted octanol–water partition coefficient (Wildman–Crippen LogP) is 3.69. The molecule has 0 atom stereocenters. The summed E-state index contributed by atoms with van der Waals surface area (Å²) in [5, 5.41) is 7.41. The minimum absolute atomic E-state index is 0.0207. The Morgan fingerprint density at radius 3 is 2.62 bits per heavy atom. The van der Waals surface area contributed by atoms with Crippen LogP contribution in [0.2, 0.25) is 0 Å². The van der Waals surface area contributed by atoms with E-state index in [1.807, 2.05) is 25.7 Å². The van der Waals surface area contributed by atoms with Crippen molar-refractivity contribution in [1.82, 2.24) is 14.9 Å². The molecular formula is C22H26N4O2S. The van der Waals surface area contributed by atoms with Gasteiger partial charge in [-0.1, -0.05) is 0 Å². The lowest BCUT2D eigenvalue weighted by Gasteiger charge is -2.29. The molecule has 0 aliphatic heterocycles. The first kappa shape index (κ1) is 19.6. The summed E-state index contributed by atoms with van der Waals surface area (Å²) >= 11 is 1.61. The summed E-state index contributed by atoms with van der Waals surface area (Å²) in [6, 6.07) is 6.23. The lowest BCUT2D eigenvalue weighted by atomic mass is 9.85. The quantitative estimate of drug-likeness (QED) is 0.688. The standard InChI is InChI=1S/C22H26N4O2S/c1-13-8-15(19-11-24-12-29-19)9-17-18(10-20(27)26(3)21(13)17)25-16-6-4-14(5-7-16)22(28)23-2/h8-12,14,16,25H,4-7H2,1-3H3,(H,23,28)/t14-,16-. The third-order valence-corrected chi connectivity index (χ3v) is 6.77. The van der Waals surface area contributed by atoms with Crippen molar-refractivity contribution in [3.05, 3.63) is 45.8 Å². The van der Waals surface area contributed by atoms with Gasteiger partial charge in [-0.05, 0) is 55.9 Å². The van der Waals surface area contributed by atoms with Crippen LogP contribution in [0.25, 0.3) is 21.3 Å². The molecule has 1 amide bonds. The molecule has 29 heavy (non-hydrogen) atoms. The van der Waals surface area contributed by atoms with E-state index in [-0.39, 0.29) is 23.4 Å². The first-order chi connectivity index (χ1) is 14.0. The van der Waals surface area contributed by atoms with E-state index in [2.05, 4.69) is 27.8 Å². The number of anilines is 1. The Kier molecular flexibility index (Phi) is 5.41. The Morgan fingerprint density at radius 1 is 1.21 bits per heavy atom. The molecule has 2 aromatic heterocycles. The largest absolute Gasteiger partial charge is 0.382 e. The fourth-order valence-electron chi connectivity index (χ4n) is 4.38. The molecule has 1 saturated carbocycles. The zero-order chi connectivity index (χ0) is 20.5. The van der Waals surface area contributed by atoms with Gasteiger partial charge >= 0.3 is 0 Å². The van der Waals surface area contributed by atoms with Crippen molar-refractivity contribution in [2.75, 3.05) is 12.4 Å². The number of aromatic nitrogens is 2. The van der Waals surface area contributed by atoms with Gasteiger partial charge in [0.05, 0.1) is 15.9 Å². The van der Waals surface area contributed by atoms with Crippen LogP contribution in [0.5, 0.6) is 0 Å². The number of hydrogen-bond acceptors (Lipinski definition) is 5. The summed E-state index contributed by atoms with van der Waals surface area (Å²) < 4.78 is 1.72. The summed E-state index contributed by atoms with van der Waals surface area (Å²) in [7, 11) is 3.52. The number of rotatable bonds is 4. The SMILES string of the molecule is CNC(=O)[C@H]1CC[C@H](Nc2cc(=O)n(C)c3c(C)cc(-c4cncs4)cc23)CC1. The molecule has 4 rings (SSSR count). The van der Waals surface area contributed by atoms with E-state index in [0.29, 0.717) is 0 Å². The first-order valence-corrected chi connectivity index (χ1v) is 10.9. The van der Waals surface area contributed by atoms with E-state index in [4.69, 9.17) is 0 Å². The molecule has 3 aromatic rings. The van der Waals surface area contributed by atoms with Crippen molar-refractivity contribution in [1.29, 1.82) is 0 Å². The second kappa shape index (κ2) is 7.99. The molecule has 1 aliphatic carbocycles. The number of thiazole rings is 1. The van der Waals surface area contributed by atoms with Gasteiger partial charge in [0.1, 0.15) is 0 Å². The molecule has 7 heteroatoms. The van der Waals surface area contributed by atoms with Crippen molar-refractivity contribution in [3.63, 3.8) is 0 Å². The minimum Gasteiger partial charge on any atom is -0.382 e. The zero-order valence-corrected chi connectivity index (χ0v) is 17.8. The predicted molar refractivity (Wildman–Crippen MR) is 118 cm³/mol.